The van der Waals surface area contributed by atoms with Crippen LogP contribution in [0.2, 0.25) is 0 Å². The summed E-state index contributed by atoms with van der Waals surface area (Å²) >= 11 is 0. The Morgan fingerprint density at radius 2 is 0.476 bits per heavy atom. The first-order valence-electron chi connectivity index (χ1n) is 35.6. The minimum Gasteiger partial charge on any atom is -0.462 e. The van der Waals surface area contributed by atoms with Crippen molar-refractivity contribution in [3.63, 3.8) is 0 Å². The lowest BCUT2D eigenvalue weighted by atomic mass is 10.0. The maximum atomic E-state index is 12.9. The molecule has 1 atom stereocenters. The third kappa shape index (κ3) is 67.4. The van der Waals surface area contributed by atoms with Crippen molar-refractivity contribution in [2.45, 2.75) is 367 Å². The Balaban J connectivity index is 4.03. The predicted molar refractivity (Wildman–Crippen MR) is 358 cm³/mol. The largest absolute Gasteiger partial charge is 0.462 e. The zero-order valence-electron chi connectivity index (χ0n) is 54.5. The Labute approximate surface area is 509 Å². The van der Waals surface area contributed by atoms with Gasteiger partial charge in [0, 0.05) is 19.3 Å². The standard InChI is InChI=1S/C76H134O6/c1-4-7-10-13-16-18-20-22-24-26-28-30-32-33-34-35-36-37-38-39-40-41-42-43-44-46-47-49-51-53-55-57-60-63-66-69-75(78)81-72-73(71-80-74(77)68-65-62-59-15-12-9-6-3)82-76(79)70-67-64-61-58-56-54-52-50-48-45-31-29-27-25-23-21-19-17-14-11-8-5-2/h7,10,16,18,22,24,28,30,33-34,36-37,39-40,73H,4-6,8-9,11-15,17,19-21,23,25-27,29,31-32,35,38,41-72H2,1-3H3/b10-7-,18-16-,24-22-,30-28-,34-33-,37-36-,40-39-. The summed E-state index contributed by atoms with van der Waals surface area (Å²) in [6, 6.07) is 0. The number of allylic oxidation sites excluding steroid dienone is 14. The number of esters is 3. The van der Waals surface area contributed by atoms with Crippen molar-refractivity contribution in [2.75, 3.05) is 13.2 Å². The molecule has 82 heavy (non-hydrogen) atoms. The van der Waals surface area contributed by atoms with E-state index in [1.165, 1.54) is 218 Å². The van der Waals surface area contributed by atoms with E-state index in [2.05, 4.69) is 106 Å². The van der Waals surface area contributed by atoms with E-state index in [9.17, 15) is 14.4 Å². The lowest BCUT2D eigenvalue weighted by Gasteiger charge is -2.18. The van der Waals surface area contributed by atoms with E-state index in [0.717, 1.165) is 103 Å². The summed E-state index contributed by atoms with van der Waals surface area (Å²) in [4.78, 5) is 38.2. The molecule has 474 valence electrons. The molecule has 0 rings (SSSR count). The van der Waals surface area contributed by atoms with Gasteiger partial charge in [-0.25, -0.2) is 0 Å². The zero-order valence-corrected chi connectivity index (χ0v) is 54.5. The van der Waals surface area contributed by atoms with Crippen LogP contribution in [0.1, 0.15) is 361 Å². The van der Waals surface area contributed by atoms with Crippen molar-refractivity contribution in [1.29, 1.82) is 0 Å². The number of hydrogen-bond donors (Lipinski definition) is 0. The van der Waals surface area contributed by atoms with Crippen LogP contribution in [0.3, 0.4) is 0 Å². The van der Waals surface area contributed by atoms with Crippen LogP contribution in [-0.2, 0) is 28.6 Å². The molecule has 0 aromatic carbocycles. The van der Waals surface area contributed by atoms with Gasteiger partial charge in [-0.1, -0.05) is 350 Å². The van der Waals surface area contributed by atoms with Crippen LogP contribution in [0, 0.1) is 0 Å². The molecule has 6 nitrogen and oxygen atoms in total. The molecule has 0 aromatic rings. The Hall–Kier alpha value is -3.41. The van der Waals surface area contributed by atoms with E-state index in [0.29, 0.717) is 19.3 Å². The monoisotopic (exact) mass is 1140 g/mol. The fourth-order valence-corrected chi connectivity index (χ4v) is 10.4. The average molecular weight is 1140 g/mol. The molecule has 0 heterocycles. The molecule has 0 amide bonds. The molecule has 0 radical (unpaired) electrons. The normalized spacial score (nSPS) is 12.6. The first-order valence-corrected chi connectivity index (χ1v) is 35.6. The van der Waals surface area contributed by atoms with Crippen molar-refractivity contribution in [1.82, 2.24) is 0 Å². The van der Waals surface area contributed by atoms with Gasteiger partial charge in [0.25, 0.3) is 0 Å². The molecule has 0 saturated heterocycles. The number of carbonyl (C=O) groups excluding carboxylic acids is 3. The van der Waals surface area contributed by atoms with Gasteiger partial charge < -0.3 is 14.2 Å². The van der Waals surface area contributed by atoms with E-state index in [-0.39, 0.29) is 31.1 Å². The van der Waals surface area contributed by atoms with E-state index in [4.69, 9.17) is 14.2 Å². The molecule has 6 heteroatoms. The maximum absolute atomic E-state index is 12.9. The van der Waals surface area contributed by atoms with Crippen LogP contribution in [-0.4, -0.2) is 37.2 Å². The smallest absolute Gasteiger partial charge is 0.306 e. The minimum atomic E-state index is -0.771. The average Bonchev–Trinajstić information content (AvgIpc) is 3.48. The number of rotatable bonds is 65. The molecular weight excluding hydrogens is 1010 g/mol. The SMILES string of the molecule is CC/C=C\C/C=C\C/C=C\C/C=C\C/C=C\C/C=C\C/C=C\CCCCCCCCCCCCCCCC(=O)OCC(COC(=O)CCCCCCCCC)OC(=O)CCCCCCCCCCCCCCCCCCCCCCCC. The molecule has 0 spiro atoms. The van der Waals surface area contributed by atoms with E-state index in [1.54, 1.807) is 0 Å². The van der Waals surface area contributed by atoms with Gasteiger partial charge in [0.2, 0.25) is 0 Å². The lowest BCUT2D eigenvalue weighted by molar-refractivity contribution is -0.167. The van der Waals surface area contributed by atoms with Gasteiger partial charge in [0.1, 0.15) is 13.2 Å². The fraction of sp³-hybridized carbons (Fsp3) is 0.776. The fourth-order valence-electron chi connectivity index (χ4n) is 10.4. The summed E-state index contributed by atoms with van der Waals surface area (Å²) in [7, 11) is 0. The molecule has 0 saturated carbocycles. The van der Waals surface area contributed by atoms with Gasteiger partial charge in [0.05, 0.1) is 0 Å². The molecular formula is C76H134O6. The molecule has 0 aliphatic heterocycles. The van der Waals surface area contributed by atoms with Gasteiger partial charge in [-0.3, -0.25) is 14.4 Å². The number of carbonyl (C=O) groups is 3. The van der Waals surface area contributed by atoms with Crippen molar-refractivity contribution in [2.24, 2.45) is 0 Å². The molecule has 0 bridgehead atoms. The van der Waals surface area contributed by atoms with Crippen LogP contribution in [0.5, 0.6) is 0 Å². The maximum Gasteiger partial charge on any atom is 0.306 e. The third-order valence-electron chi connectivity index (χ3n) is 15.7. The molecule has 0 aromatic heterocycles. The second-order valence-electron chi connectivity index (χ2n) is 23.8. The number of unbranched alkanes of at least 4 members (excludes halogenated alkanes) is 40. The van der Waals surface area contributed by atoms with Gasteiger partial charge >= 0.3 is 17.9 Å². The van der Waals surface area contributed by atoms with E-state index >= 15 is 0 Å². The van der Waals surface area contributed by atoms with Crippen molar-refractivity contribution < 1.29 is 28.6 Å². The number of ether oxygens (including phenoxy) is 3. The van der Waals surface area contributed by atoms with Crippen LogP contribution in [0.4, 0.5) is 0 Å². The molecule has 0 fully saturated rings. The summed E-state index contributed by atoms with van der Waals surface area (Å²) in [5, 5.41) is 0. The second-order valence-corrected chi connectivity index (χ2v) is 23.8. The zero-order chi connectivity index (χ0) is 59.2. The van der Waals surface area contributed by atoms with Crippen LogP contribution >= 0.6 is 0 Å². The van der Waals surface area contributed by atoms with Gasteiger partial charge in [-0.15, -0.1) is 0 Å². The summed E-state index contributed by atoms with van der Waals surface area (Å²) in [6.45, 7) is 6.53. The molecule has 0 aliphatic rings. The van der Waals surface area contributed by atoms with Crippen molar-refractivity contribution in [3.8, 4) is 0 Å². The van der Waals surface area contributed by atoms with E-state index in [1.807, 2.05) is 0 Å². The molecule has 0 aliphatic carbocycles. The summed E-state index contributed by atoms with van der Waals surface area (Å²) in [5.74, 6) is -0.858. The Morgan fingerprint density at radius 1 is 0.256 bits per heavy atom. The highest BCUT2D eigenvalue weighted by Gasteiger charge is 2.19. The summed E-state index contributed by atoms with van der Waals surface area (Å²) in [5.41, 5.74) is 0. The summed E-state index contributed by atoms with van der Waals surface area (Å²) in [6.07, 6.45) is 93.6. The van der Waals surface area contributed by atoms with Gasteiger partial charge in [-0.2, -0.15) is 0 Å². The van der Waals surface area contributed by atoms with Crippen molar-refractivity contribution in [3.05, 3.63) is 85.1 Å². The first-order chi connectivity index (χ1) is 40.5. The van der Waals surface area contributed by atoms with Crippen LogP contribution in [0.15, 0.2) is 85.1 Å². The molecule has 0 N–H and O–H groups in total. The van der Waals surface area contributed by atoms with E-state index < -0.39 is 6.10 Å². The Morgan fingerprint density at radius 3 is 0.744 bits per heavy atom. The Kier molecular flexibility index (Phi) is 67.2. The minimum absolute atomic E-state index is 0.0706. The second kappa shape index (κ2) is 70.1. The summed E-state index contributed by atoms with van der Waals surface area (Å²) < 4.78 is 16.9. The quantitative estimate of drug-likeness (QED) is 0.0261. The third-order valence-corrected chi connectivity index (χ3v) is 15.7. The number of hydrogen-bond acceptors (Lipinski definition) is 6. The van der Waals surface area contributed by atoms with Gasteiger partial charge in [-0.05, 0) is 77.0 Å². The molecule has 1 unspecified atom stereocenters. The van der Waals surface area contributed by atoms with Crippen LogP contribution in [0.25, 0.3) is 0 Å². The first kappa shape index (κ1) is 78.6. The highest BCUT2D eigenvalue weighted by atomic mass is 16.6. The predicted octanol–water partition coefficient (Wildman–Crippen LogP) is 24.6. The Bertz CT molecular complexity index is 1550. The highest BCUT2D eigenvalue weighted by molar-refractivity contribution is 5.71. The topological polar surface area (TPSA) is 78.9 Å². The lowest BCUT2D eigenvalue weighted by Crippen LogP contribution is -2.30. The van der Waals surface area contributed by atoms with Gasteiger partial charge in [0.15, 0.2) is 6.10 Å². The highest BCUT2D eigenvalue weighted by Crippen LogP contribution is 2.18. The van der Waals surface area contributed by atoms with Crippen molar-refractivity contribution >= 4 is 17.9 Å². The van der Waals surface area contributed by atoms with Crippen LogP contribution < -0.4 is 0 Å².